The summed E-state index contributed by atoms with van der Waals surface area (Å²) < 4.78 is 20.0. The second kappa shape index (κ2) is 12.7. The lowest BCUT2D eigenvalue weighted by atomic mass is 9.96. The Morgan fingerprint density at radius 3 is 1.92 bits per heavy atom. The number of aliphatic hydroxyl groups excluding tert-OH is 4. The number of hydrogen-bond acceptors (Lipinski definition) is 17. The third-order valence-corrected chi connectivity index (χ3v) is 10.0. The van der Waals surface area contributed by atoms with Crippen LogP contribution in [0, 0.1) is 0 Å². The molecule has 0 aromatic carbocycles. The van der Waals surface area contributed by atoms with Crippen molar-refractivity contribution in [1.82, 2.24) is 19.1 Å². The Labute approximate surface area is 295 Å². The summed E-state index contributed by atoms with van der Waals surface area (Å²) in [6, 6.07) is 2.95. The lowest BCUT2D eigenvalue weighted by molar-refractivity contribution is -0.0955. The van der Waals surface area contributed by atoms with E-state index in [4.69, 9.17) is 14.2 Å². The highest BCUT2D eigenvalue weighted by Gasteiger charge is 2.54. The third-order valence-electron chi connectivity index (χ3n) is 9.34. The fraction of sp³-hybridized carbons (Fsp3) is 0.419. The molecule has 19 nitrogen and oxygen atoms in total. The highest BCUT2D eigenvalue weighted by atomic mass is 79.9. The normalized spacial score (nSPS) is 30.2. The van der Waals surface area contributed by atoms with E-state index < -0.39 is 66.8 Å². The van der Waals surface area contributed by atoms with E-state index in [0.29, 0.717) is 39.0 Å². The number of hydrogen-bond donors (Lipinski definition) is 8. The highest BCUT2D eigenvalue weighted by molar-refractivity contribution is 9.10. The molecule has 4 aromatic heterocycles. The molecular formula is C31H33BrN8O11. The minimum Gasteiger partial charge on any atom is -0.495 e. The summed E-state index contributed by atoms with van der Waals surface area (Å²) in [6.07, 6.45) is -0.361. The lowest BCUT2D eigenvalue weighted by Crippen LogP contribution is -2.44. The monoisotopic (exact) mass is 772 g/mol. The third kappa shape index (κ3) is 5.41. The first-order valence-corrected chi connectivity index (χ1v) is 16.3. The standard InChI is InChI=1S/C16H17BrN4O6.C15H16N4O5/c1-16(25)11(23)7(4-22)27-15(16)21-3-6-8-12(18-5-19-13(8)21)20-14(24)9(17)10(6)26-2;1-15(23)11(22)8(5-20)24-14(15)19-4-7-2-3-9(21)18-12-10(7)13(19)17-6-16-12/h3,5,7,11,15,22-23,25H,4H2,1-2H3,(H,18,19,20,24);2-4,6,8,11,14,20,22-23H,5H2,1H3,(H,16,17,18,21)/t7-,11-,15?,16-;8-,11-,14?,15-/m11/s1. The summed E-state index contributed by atoms with van der Waals surface area (Å²) in [6.45, 7) is 1.98. The number of halogens is 1. The van der Waals surface area contributed by atoms with Gasteiger partial charge in [0.2, 0.25) is 0 Å². The van der Waals surface area contributed by atoms with Gasteiger partial charge in [0.15, 0.2) is 12.5 Å². The summed E-state index contributed by atoms with van der Waals surface area (Å²) in [4.78, 5) is 40.4. The van der Waals surface area contributed by atoms with Crippen molar-refractivity contribution in [3.63, 3.8) is 0 Å². The number of methoxy groups -OCH3 is 1. The molecule has 270 valence electrons. The quantitative estimate of drug-likeness (QED) is 0.130. The molecule has 4 aliphatic rings. The number of aromatic nitrogens is 4. The molecule has 51 heavy (non-hydrogen) atoms. The van der Waals surface area contributed by atoms with E-state index in [0.717, 1.165) is 0 Å². The molecule has 0 radical (unpaired) electrons. The Hall–Kier alpha value is -4.38. The van der Waals surface area contributed by atoms with E-state index >= 15 is 0 Å². The molecule has 2 saturated heterocycles. The zero-order valence-corrected chi connectivity index (χ0v) is 28.7. The second-order valence-corrected chi connectivity index (χ2v) is 13.4. The largest absolute Gasteiger partial charge is 0.495 e. The predicted octanol–water partition coefficient (Wildman–Crippen LogP) is -0.262. The Morgan fingerprint density at radius 2 is 1.39 bits per heavy atom. The van der Waals surface area contributed by atoms with Crippen molar-refractivity contribution in [3.05, 3.63) is 49.7 Å². The number of aliphatic hydroxyl groups is 6. The van der Waals surface area contributed by atoms with Gasteiger partial charge in [-0.2, -0.15) is 9.97 Å². The first-order chi connectivity index (χ1) is 24.2. The lowest BCUT2D eigenvalue weighted by Gasteiger charge is -2.28. The van der Waals surface area contributed by atoms with Crippen LogP contribution in [0.2, 0.25) is 0 Å². The summed E-state index contributed by atoms with van der Waals surface area (Å²) in [7, 11) is 1.42. The molecule has 0 aliphatic carbocycles. The Morgan fingerprint density at radius 1 is 0.863 bits per heavy atom. The molecule has 2 fully saturated rings. The fourth-order valence-electron chi connectivity index (χ4n) is 6.73. The smallest absolute Gasteiger partial charge is 0.289 e. The van der Waals surface area contributed by atoms with E-state index in [-0.39, 0.29) is 21.6 Å². The molecule has 0 saturated carbocycles. The van der Waals surface area contributed by atoms with Crippen molar-refractivity contribution in [3.8, 4) is 5.75 Å². The van der Waals surface area contributed by atoms with Gasteiger partial charge in [-0.15, -0.1) is 0 Å². The molecule has 8 N–H and O–H groups in total. The van der Waals surface area contributed by atoms with Gasteiger partial charge in [-0.25, -0.2) is 9.98 Å². The zero-order chi connectivity index (χ0) is 36.6. The zero-order valence-electron chi connectivity index (χ0n) is 27.1. The van der Waals surface area contributed by atoms with Crippen LogP contribution in [0.15, 0.2) is 48.6 Å². The van der Waals surface area contributed by atoms with Crippen LogP contribution in [0.1, 0.15) is 26.3 Å². The van der Waals surface area contributed by atoms with Crippen LogP contribution < -0.4 is 26.5 Å². The molecule has 8 rings (SSSR count). The van der Waals surface area contributed by atoms with E-state index in [2.05, 4.69) is 46.5 Å². The van der Waals surface area contributed by atoms with Gasteiger partial charge in [-0.1, -0.05) is 0 Å². The van der Waals surface area contributed by atoms with Crippen molar-refractivity contribution in [2.45, 2.75) is 61.9 Å². The first-order valence-electron chi connectivity index (χ1n) is 15.5. The number of aliphatic imine (C=N–C) groups is 2. The Balaban J connectivity index is 0.000000160. The van der Waals surface area contributed by atoms with Crippen molar-refractivity contribution in [2.75, 3.05) is 31.0 Å². The number of anilines is 2. The van der Waals surface area contributed by atoms with Gasteiger partial charge >= 0.3 is 0 Å². The molecule has 4 aliphatic heterocycles. The maximum Gasteiger partial charge on any atom is 0.289 e. The van der Waals surface area contributed by atoms with Crippen LogP contribution in [0.4, 0.5) is 23.3 Å². The highest BCUT2D eigenvalue weighted by Crippen LogP contribution is 2.47. The van der Waals surface area contributed by atoms with Crippen LogP contribution in [0.5, 0.6) is 5.75 Å². The molecule has 2 unspecified atom stereocenters. The molecule has 8 atom stereocenters. The van der Waals surface area contributed by atoms with Crippen molar-refractivity contribution in [2.24, 2.45) is 9.98 Å². The van der Waals surface area contributed by atoms with E-state index in [1.54, 1.807) is 23.0 Å². The van der Waals surface area contributed by atoms with E-state index in [1.165, 1.54) is 44.3 Å². The Kier molecular flexibility index (Phi) is 8.72. The number of rotatable bonds is 5. The minimum atomic E-state index is -1.69. The summed E-state index contributed by atoms with van der Waals surface area (Å²) >= 11 is 3.21. The molecule has 0 amide bonds. The first kappa shape index (κ1) is 35.0. The van der Waals surface area contributed by atoms with Gasteiger partial charge in [0.1, 0.15) is 69.1 Å². The Bertz CT molecular complexity index is 2240. The number of ether oxygens (including phenoxy) is 3. The molecule has 0 bridgehead atoms. The van der Waals surface area contributed by atoms with Gasteiger partial charge in [0, 0.05) is 29.2 Å². The summed E-state index contributed by atoms with van der Waals surface area (Å²) in [5.41, 5.74) is -4.22. The summed E-state index contributed by atoms with van der Waals surface area (Å²) in [5, 5.41) is 68.7. The topological polar surface area (TPSA) is 268 Å². The molecule has 20 heteroatoms. The van der Waals surface area contributed by atoms with Gasteiger partial charge in [-0.05, 0) is 35.8 Å². The summed E-state index contributed by atoms with van der Waals surface area (Å²) in [5.74, 6) is 1.70. The minimum absolute atomic E-state index is 0.140. The van der Waals surface area contributed by atoms with Gasteiger partial charge in [0.05, 0.1) is 43.8 Å². The van der Waals surface area contributed by atoms with E-state index in [9.17, 15) is 40.2 Å². The van der Waals surface area contributed by atoms with Crippen LogP contribution in [-0.4, -0.2) is 118 Å². The van der Waals surface area contributed by atoms with Crippen LogP contribution in [-0.2, 0) is 9.47 Å². The predicted molar refractivity (Wildman–Crippen MR) is 185 cm³/mol. The SMILES string of the molecule is COc1c(Br)c(=O)nc2c3c(n(C4O[C@H](CO)[C@@H](O)[C@@]4(C)O)cc13)N=CN2.C[C@]1(O)C(n2cc3ccc(=O)nc4c3c2N=CN4)O[C@H](CO)[C@H]1O. The van der Waals surface area contributed by atoms with Crippen molar-refractivity contribution < 1.29 is 44.8 Å². The van der Waals surface area contributed by atoms with Crippen molar-refractivity contribution >= 4 is 73.4 Å². The van der Waals surface area contributed by atoms with Crippen LogP contribution >= 0.6 is 15.9 Å². The second-order valence-electron chi connectivity index (χ2n) is 12.6. The van der Waals surface area contributed by atoms with Crippen LogP contribution in [0.25, 0.3) is 21.5 Å². The number of nitrogens with one attached hydrogen (secondary N) is 2. The molecule has 0 spiro atoms. The van der Waals surface area contributed by atoms with Gasteiger partial charge in [0.25, 0.3) is 11.1 Å². The fourth-order valence-corrected chi connectivity index (χ4v) is 7.19. The van der Waals surface area contributed by atoms with Gasteiger partial charge in [-0.3, -0.25) is 9.59 Å². The van der Waals surface area contributed by atoms with Crippen molar-refractivity contribution in [1.29, 1.82) is 0 Å². The average molecular weight is 774 g/mol. The molecule has 4 aromatic rings. The van der Waals surface area contributed by atoms with E-state index in [1.807, 2.05) is 0 Å². The molecular weight excluding hydrogens is 740 g/mol. The maximum atomic E-state index is 12.2. The maximum absolute atomic E-state index is 12.2. The average Bonchev–Trinajstić information content (AvgIpc) is 3.74. The molecule has 8 heterocycles. The van der Waals surface area contributed by atoms with Crippen LogP contribution in [0.3, 0.4) is 0 Å². The number of nitrogens with zero attached hydrogens (tertiary/aromatic N) is 6. The van der Waals surface area contributed by atoms with Gasteiger partial charge < -0.3 is 64.6 Å².